The lowest BCUT2D eigenvalue weighted by molar-refractivity contribution is 0.0696. The molecule has 1 unspecified atom stereocenters. The Hall–Kier alpha value is -1.23. The highest BCUT2D eigenvalue weighted by Gasteiger charge is 2.17. The van der Waals surface area contributed by atoms with Crippen LogP contribution >= 0.6 is 11.8 Å². The van der Waals surface area contributed by atoms with Crippen molar-refractivity contribution in [3.05, 3.63) is 23.9 Å². The minimum Gasteiger partial charge on any atom is -0.478 e. The van der Waals surface area contributed by atoms with E-state index in [1.54, 1.807) is 6.07 Å². The number of hydrogen-bond donors (Lipinski definition) is 1. The topological polar surface area (TPSA) is 59.4 Å². The largest absolute Gasteiger partial charge is 0.478 e. The number of aromatic carboxylic acids is 1. The van der Waals surface area contributed by atoms with Gasteiger partial charge in [0.1, 0.15) is 6.10 Å². The third-order valence-electron chi connectivity index (χ3n) is 2.16. The Kier molecular flexibility index (Phi) is 3.11. The lowest BCUT2D eigenvalue weighted by Crippen LogP contribution is -2.15. The fraction of sp³-hybridized carbons (Fsp3) is 0.400. The second-order valence-corrected chi connectivity index (χ2v) is 4.44. The van der Waals surface area contributed by atoms with Gasteiger partial charge in [-0.1, -0.05) is 0 Å². The van der Waals surface area contributed by atoms with Crippen LogP contribution in [0.1, 0.15) is 16.8 Å². The molecule has 0 aromatic carbocycles. The molecule has 0 radical (unpaired) electrons. The molecule has 1 saturated heterocycles. The Labute approximate surface area is 91.7 Å². The molecular weight excluding hydrogens is 214 g/mol. The van der Waals surface area contributed by atoms with Gasteiger partial charge in [-0.25, -0.2) is 9.78 Å². The van der Waals surface area contributed by atoms with Crippen molar-refractivity contribution in [1.82, 2.24) is 4.98 Å². The van der Waals surface area contributed by atoms with E-state index in [1.165, 1.54) is 12.3 Å². The molecule has 80 valence electrons. The predicted octanol–water partition coefficient (Wildman–Crippen LogP) is 1.66. The summed E-state index contributed by atoms with van der Waals surface area (Å²) in [5, 5.41) is 8.68. The van der Waals surface area contributed by atoms with Gasteiger partial charge in [0, 0.05) is 18.0 Å². The summed E-state index contributed by atoms with van der Waals surface area (Å²) in [5.74, 6) is 1.65. The van der Waals surface area contributed by atoms with Crippen molar-refractivity contribution in [2.75, 3.05) is 11.5 Å². The van der Waals surface area contributed by atoms with Crippen molar-refractivity contribution in [1.29, 1.82) is 0 Å². The normalized spacial score (nSPS) is 20.1. The molecule has 0 aliphatic carbocycles. The van der Waals surface area contributed by atoms with Crippen LogP contribution in [-0.2, 0) is 0 Å². The number of pyridine rings is 1. The third-order valence-corrected chi connectivity index (χ3v) is 3.29. The van der Waals surface area contributed by atoms with Crippen LogP contribution in [0.5, 0.6) is 5.88 Å². The van der Waals surface area contributed by atoms with E-state index in [9.17, 15) is 4.79 Å². The van der Waals surface area contributed by atoms with Crippen LogP contribution in [0.25, 0.3) is 0 Å². The van der Waals surface area contributed by atoms with E-state index in [0.29, 0.717) is 5.88 Å². The maximum Gasteiger partial charge on any atom is 0.337 e. The maximum absolute atomic E-state index is 10.6. The minimum absolute atomic E-state index is 0.183. The summed E-state index contributed by atoms with van der Waals surface area (Å²) in [5.41, 5.74) is 0.183. The molecule has 1 fully saturated rings. The highest BCUT2D eigenvalue weighted by molar-refractivity contribution is 7.99. The van der Waals surface area contributed by atoms with Gasteiger partial charge < -0.3 is 9.84 Å². The fourth-order valence-electron chi connectivity index (χ4n) is 1.35. The zero-order valence-corrected chi connectivity index (χ0v) is 8.87. The predicted molar refractivity (Wildman–Crippen MR) is 57.6 cm³/mol. The number of aromatic nitrogens is 1. The van der Waals surface area contributed by atoms with Crippen LogP contribution in [0.2, 0.25) is 0 Å². The average Bonchev–Trinajstić information content (AvgIpc) is 2.71. The van der Waals surface area contributed by atoms with E-state index < -0.39 is 5.97 Å². The smallest absolute Gasteiger partial charge is 0.337 e. The van der Waals surface area contributed by atoms with Gasteiger partial charge in [-0.3, -0.25) is 0 Å². The van der Waals surface area contributed by atoms with Crippen molar-refractivity contribution in [2.24, 2.45) is 0 Å². The second kappa shape index (κ2) is 4.53. The van der Waals surface area contributed by atoms with Gasteiger partial charge in [-0.2, -0.15) is 11.8 Å². The third kappa shape index (κ3) is 2.62. The zero-order chi connectivity index (χ0) is 10.7. The van der Waals surface area contributed by atoms with Crippen molar-refractivity contribution in [2.45, 2.75) is 12.5 Å². The van der Waals surface area contributed by atoms with E-state index in [2.05, 4.69) is 4.98 Å². The van der Waals surface area contributed by atoms with E-state index in [1.807, 2.05) is 11.8 Å². The molecule has 1 aromatic heterocycles. The molecule has 0 spiro atoms. The molecule has 1 aliphatic heterocycles. The molecule has 1 atom stereocenters. The van der Waals surface area contributed by atoms with Gasteiger partial charge in [0.2, 0.25) is 5.88 Å². The highest BCUT2D eigenvalue weighted by Crippen LogP contribution is 2.21. The number of thioether (sulfide) groups is 1. The molecule has 4 nitrogen and oxygen atoms in total. The van der Waals surface area contributed by atoms with Crippen molar-refractivity contribution in [3.63, 3.8) is 0 Å². The first-order valence-corrected chi connectivity index (χ1v) is 5.85. The summed E-state index contributed by atoms with van der Waals surface area (Å²) in [6.07, 6.45) is 2.57. The first kappa shape index (κ1) is 10.3. The first-order valence-electron chi connectivity index (χ1n) is 4.69. The minimum atomic E-state index is -0.967. The zero-order valence-electron chi connectivity index (χ0n) is 8.05. The summed E-state index contributed by atoms with van der Waals surface area (Å²) in [7, 11) is 0. The van der Waals surface area contributed by atoms with Crippen molar-refractivity contribution in [3.8, 4) is 5.88 Å². The van der Waals surface area contributed by atoms with Crippen LogP contribution in [-0.4, -0.2) is 33.7 Å². The first-order chi connectivity index (χ1) is 7.25. The molecule has 0 saturated carbocycles. The molecule has 1 N–H and O–H groups in total. The SMILES string of the molecule is O=C(O)c1ccc(OC2CCSC2)nc1. The standard InChI is InChI=1S/C10H11NO3S/c12-10(13)7-1-2-9(11-5-7)14-8-3-4-15-6-8/h1-2,5,8H,3-4,6H2,(H,12,13). The Morgan fingerprint density at radius 2 is 2.47 bits per heavy atom. The van der Waals surface area contributed by atoms with Gasteiger partial charge in [0.05, 0.1) is 5.56 Å². The Morgan fingerprint density at radius 3 is 3.00 bits per heavy atom. The molecule has 15 heavy (non-hydrogen) atoms. The van der Waals surface area contributed by atoms with Crippen LogP contribution in [0.4, 0.5) is 0 Å². The quantitative estimate of drug-likeness (QED) is 0.847. The van der Waals surface area contributed by atoms with Gasteiger partial charge in [-0.15, -0.1) is 0 Å². The number of carboxylic acids is 1. The molecule has 1 aliphatic rings. The molecule has 2 heterocycles. The molecule has 2 rings (SSSR count). The summed E-state index contributed by atoms with van der Waals surface area (Å²) in [6.45, 7) is 0. The lowest BCUT2D eigenvalue weighted by atomic mass is 10.3. The monoisotopic (exact) mass is 225 g/mol. The lowest BCUT2D eigenvalue weighted by Gasteiger charge is -2.10. The average molecular weight is 225 g/mol. The molecule has 1 aromatic rings. The molecular formula is C10H11NO3S. The summed E-state index contributed by atoms with van der Waals surface area (Å²) < 4.78 is 5.59. The number of carbonyl (C=O) groups is 1. The number of nitrogens with zero attached hydrogens (tertiary/aromatic N) is 1. The number of ether oxygens (including phenoxy) is 1. The van der Waals surface area contributed by atoms with E-state index in [4.69, 9.17) is 9.84 Å². The maximum atomic E-state index is 10.6. The number of rotatable bonds is 3. The molecule has 0 bridgehead atoms. The Morgan fingerprint density at radius 1 is 1.60 bits per heavy atom. The van der Waals surface area contributed by atoms with Gasteiger partial charge in [0.25, 0.3) is 0 Å². The molecule has 0 amide bonds. The fourth-order valence-corrected chi connectivity index (χ4v) is 2.45. The number of carboxylic acid groups (broad SMARTS) is 1. The van der Waals surface area contributed by atoms with E-state index >= 15 is 0 Å². The highest BCUT2D eigenvalue weighted by atomic mass is 32.2. The van der Waals surface area contributed by atoms with E-state index in [0.717, 1.165) is 17.9 Å². The van der Waals surface area contributed by atoms with Crippen molar-refractivity contribution >= 4 is 17.7 Å². The van der Waals surface area contributed by atoms with Gasteiger partial charge >= 0.3 is 5.97 Å². The van der Waals surface area contributed by atoms with E-state index in [-0.39, 0.29) is 11.7 Å². The van der Waals surface area contributed by atoms with Crippen LogP contribution in [0, 0.1) is 0 Å². The molecule has 5 heteroatoms. The Balaban J connectivity index is 2.00. The van der Waals surface area contributed by atoms with Crippen LogP contribution < -0.4 is 4.74 Å². The summed E-state index contributed by atoms with van der Waals surface area (Å²) in [4.78, 5) is 14.5. The second-order valence-electron chi connectivity index (χ2n) is 3.29. The Bertz CT molecular complexity index is 346. The van der Waals surface area contributed by atoms with Crippen LogP contribution in [0.3, 0.4) is 0 Å². The number of hydrogen-bond acceptors (Lipinski definition) is 4. The van der Waals surface area contributed by atoms with Gasteiger partial charge in [-0.05, 0) is 18.2 Å². The van der Waals surface area contributed by atoms with Crippen molar-refractivity contribution < 1.29 is 14.6 Å². The summed E-state index contributed by atoms with van der Waals surface area (Å²) >= 11 is 1.86. The van der Waals surface area contributed by atoms with Gasteiger partial charge in [0.15, 0.2) is 0 Å². The van der Waals surface area contributed by atoms with Crippen LogP contribution in [0.15, 0.2) is 18.3 Å². The summed E-state index contributed by atoms with van der Waals surface area (Å²) in [6, 6.07) is 3.11.